The molecule has 106 valence electrons. The molecule has 2 heterocycles. The molecule has 0 amide bonds. The van der Waals surface area contributed by atoms with Crippen molar-refractivity contribution < 1.29 is 9.53 Å². The van der Waals surface area contributed by atoms with Gasteiger partial charge in [-0.25, -0.2) is 9.78 Å². The van der Waals surface area contributed by atoms with Crippen LogP contribution in [-0.4, -0.2) is 25.1 Å². The number of aromatic nitrogens is 1. The summed E-state index contributed by atoms with van der Waals surface area (Å²) in [6, 6.07) is 9.57. The second-order valence-electron chi connectivity index (χ2n) is 4.50. The van der Waals surface area contributed by atoms with E-state index >= 15 is 0 Å². The Kier molecular flexibility index (Phi) is 3.58. The molecule has 0 aliphatic heterocycles. The Morgan fingerprint density at radius 1 is 1.29 bits per heavy atom. The second-order valence-corrected chi connectivity index (χ2v) is 5.45. The molecule has 0 radical (unpaired) electrons. The van der Waals surface area contributed by atoms with Gasteiger partial charge in [-0.1, -0.05) is 6.07 Å². The molecule has 2 aromatic heterocycles. The van der Waals surface area contributed by atoms with E-state index < -0.39 is 0 Å². The summed E-state index contributed by atoms with van der Waals surface area (Å²) in [5, 5.41) is 7.07. The molecule has 0 unspecified atom stereocenters. The lowest BCUT2D eigenvalue weighted by Crippen LogP contribution is -2.02. The average Bonchev–Trinajstić information content (AvgIpc) is 3.06. The number of hydrogen-bond donors (Lipinski definition) is 1. The Balaban J connectivity index is 2.30. The van der Waals surface area contributed by atoms with E-state index in [0.29, 0.717) is 5.56 Å². The number of methoxy groups -OCH3 is 1. The number of ether oxygens (including phenoxy) is 1. The van der Waals surface area contributed by atoms with Crippen LogP contribution in [-0.2, 0) is 4.74 Å². The Labute approximate surface area is 126 Å². The molecule has 21 heavy (non-hydrogen) atoms. The third kappa shape index (κ3) is 2.36. The number of carbonyl (C=O) groups is 1. The number of nitrogens with zero attached hydrogens (tertiary/aromatic N) is 1. The number of benzene rings is 1. The topological polar surface area (TPSA) is 51.2 Å². The van der Waals surface area contributed by atoms with Gasteiger partial charge in [0, 0.05) is 29.1 Å². The maximum absolute atomic E-state index is 11.8. The number of thiophene rings is 1. The summed E-state index contributed by atoms with van der Waals surface area (Å²) in [6.07, 6.45) is 1.83. The van der Waals surface area contributed by atoms with Crippen LogP contribution in [0.4, 0.5) is 5.82 Å². The van der Waals surface area contributed by atoms with Crippen LogP contribution in [0.2, 0.25) is 0 Å². The van der Waals surface area contributed by atoms with Gasteiger partial charge in [0.15, 0.2) is 0 Å². The van der Waals surface area contributed by atoms with E-state index in [1.807, 2.05) is 42.9 Å². The van der Waals surface area contributed by atoms with Gasteiger partial charge in [0.2, 0.25) is 0 Å². The summed E-state index contributed by atoms with van der Waals surface area (Å²) < 4.78 is 4.80. The zero-order valence-electron chi connectivity index (χ0n) is 11.7. The van der Waals surface area contributed by atoms with Gasteiger partial charge in [-0.2, -0.15) is 0 Å². The van der Waals surface area contributed by atoms with Crippen molar-refractivity contribution in [3.8, 4) is 10.4 Å². The van der Waals surface area contributed by atoms with Crippen LogP contribution < -0.4 is 5.32 Å². The zero-order chi connectivity index (χ0) is 14.8. The van der Waals surface area contributed by atoms with Crippen LogP contribution in [0.25, 0.3) is 21.2 Å². The molecule has 1 aromatic carbocycles. The number of hydrogen-bond acceptors (Lipinski definition) is 5. The summed E-state index contributed by atoms with van der Waals surface area (Å²) >= 11 is 1.65. The minimum Gasteiger partial charge on any atom is -0.465 e. The summed E-state index contributed by atoms with van der Waals surface area (Å²) in [5.74, 6) is 0.457. The standard InChI is InChI=1S/C16H14N2O2S/c1-17-15-11-6-5-10(16(19)20-2)8-12(11)13(9-18-15)14-4-3-7-21-14/h3-9H,1-2H3,(H,17,18). The van der Waals surface area contributed by atoms with Gasteiger partial charge in [0.25, 0.3) is 0 Å². The van der Waals surface area contributed by atoms with Crippen LogP contribution in [0.1, 0.15) is 10.4 Å². The van der Waals surface area contributed by atoms with E-state index in [-0.39, 0.29) is 5.97 Å². The van der Waals surface area contributed by atoms with Crippen LogP contribution in [0.5, 0.6) is 0 Å². The monoisotopic (exact) mass is 298 g/mol. The van der Waals surface area contributed by atoms with Crippen molar-refractivity contribution in [2.75, 3.05) is 19.5 Å². The van der Waals surface area contributed by atoms with Crippen molar-refractivity contribution >= 4 is 33.9 Å². The number of carbonyl (C=O) groups excluding carboxylic acids is 1. The van der Waals surface area contributed by atoms with Crippen molar-refractivity contribution in [3.63, 3.8) is 0 Å². The summed E-state index contributed by atoms with van der Waals surface area (Å²) in [6.45, 7) is 0. The molecular weight excluding hydrogens is 284 g/mol. The highest BCUT2D eigenvalue weighted by atomic mass is 32.1. The van der Waals surface area contributed by atoms with Crippen molar-refractivity contribution in [1.29, 1.82) is 0 Å². The molecule has 0 spiro atoms. The van der Waals surface area contributed by atoms with E-state index in [4.69, 9.17) is 4.74 Å². The van der Waals surface area contributed by atoms with Gasteiger partial charge < -0.3 is 10.1 Å². The van der Waals surface area contributed by atoms with E-state index in [1.165, 1.54) is 7.11 Å². The number of pyridine rings is 1. The minimum atomic E-state index is -0.336. The molecule has 1 N–H and O–H groups in total. The summed E-state index contributed by atoms with van der Waals surface area (Å²) in [4.78, 5) is 17.3. The predicted octanol–water partition coefficient (Wildman–Crippen LogP) is 3.79. The minimum absolute atomic E-state index is 0.336. The van der Waals surface area contributed by atoms with Gasteiger partial charge >= 0.3 is 5.97 Å². The zero-order valence-corrected chi connectivity index (χ0v) is 12.5. The lowest BCUT2D eigenvalue weighted by Gasteiger charge is -2.10. The van der Waals surface area contributed by atoms with E-state index in [2.05, 4.69) is 10.3 Å². The van der Waals surface area contributed by atoms with E-state index in [0.717, 1.165) is 27.0 Å². The molecule has 0 saturated carbocycles. The molecule has 0 saturated heterocycles. The van der Waals surface area contributed by atoms with E-state index in [1.54, 1.807) is 17.4 Å². The predicted molar refractivity (Wildman–Crippen MR) is 85.9 cm³/mol. The Morgan fingerprint density at radius 3 is 2.81 bits per heavy atom. The highest BCUT2D eigenvalue weighted by Gasteiger charge is 2.13. The first kappa shape index (κ1) is 13.6. The first-order chi connectivity index (χ1) is 10.2. The fourth-order valence-corrected chi connectivity index (χ4v) is 3.06. The fraction of sp³-hybridized carbons (Fsp3) is 0.125. The normalized spacial score (nSPS) is 10.6. The molecule has 4 nitrogen and oxygen atoms in total. The number of anilines is 1. The van der Waals surface area contributed by atoms with Crippen molar-refractivity contribution in [1.82, 2.24) is 4.98 Å². The van der Waals surface area contributed by atoms with Crippen LogP contribution in [0.3, 0.4) is 0 Å². The number of esters is 1. The van der Waals surface area contributed by atoms with Gasteiger partial charge in [0.1, 0.15) is 5.82 Å². The molecule has 0 aliphatic rings. The summed E-state index contributed by atoms with van der Waals surface area (Å²) in [5.41, 5.74) is 1.56. The molecule has 0 aliphatic carbocycles. The molecule has 0 atom stereocenters. The summed E-state index contributed by atoms with van der Waals surface area (Å²) in [7, 11) is 3.22. The van der Waals surface area contributed by atoms with Gasteiger partial charge in [-0.15, -0.1) is 11.3 Å². The molecule has 5 heteroatoms. The first-order valence-corrected chi connectivity index (χ1v) is 7.35. The molecular formula is C16H14N2O2S. The van der Waals surface area contributed by atoms with Crippen LogP contribution in [0.15, 0.2) is 41.9 Å². The SMILES string of the molecule is CNc1ncc(-c2cccs2)c2cc(C(=O)OC)ccc12. The number of nitrogens with one attached hydrogen (secondary N) is 1. The van der Waals surface area contributed by atoms with Gasteiger partial charge in [-0.3, -0.25) is 0 Å². The van der Waals surface area contributed by atoms with Gasteiger partial charge in [0.05, 0.1) is 12.7 Å². The van der Waals surface area contributed by atoms with Gasteiger partial charge in [-0.05, 0) is 35.0 Å². The highest BCUT2D eigenvalue weighted by molar-refractivity contribution is 7.13. The first-order valence-electron chi connectivity index (χ1n) is 6.47. The Hall–Kier alpha value is -2.40. The average molecular weight is 298 g/mol. The number of rotatable bonds is 3. The lowest BCUT2D eigenvalue weighted by atomic mass is 10.0. The maximum atomic E-state index is 11.8. The third-order valence-electron chi connectivity index (χ3n) is 3.33. The fourth-order valence-electron chi connectivity index (χ4n) is 2.31. The number of fused-ring (bicyclic) bond motifs is 1. The molecule has 0 bridgehead atoms. The molecule has 3 aromatic rings. The van der Waals surface area contributed by atoms with Crippen LogP contribution >= 0.6 is 11.3 Å². The maximum Gasteiger partial charge on any atom is 0.337 e. The third-order valence-corrected chi connectivity index (χ3v) is 4.24. The Bertz CT molecular complexity index is 797. The second kappa shape index (κ2) is 5.54. The highest BCUT2D eigenvalue weighted by Crippen LogP contribution is 2.34. The van der Waals surface area contributed by atoms with Crippen molar-refractivity contribution in [2.24, 2.45) is 0 Å². The van der Waals surface area contributed by atoms with E-state index in [9.17, 15) is 4.79 Å². The molecule has 3 rings (SSSR count). The largest absolute Gasteiger partial charge is 0.465 e. The van der Waals surface area contributed by atoms with Crippen LogP contribution in [0, 0.1) is 0 Å². The van der Waals surface area contributed by atoms with Crippen molar-refractivity contribution in [3.05, 3.63) is 47.5 Å². The smallest absolute Gasteiger partial charge is 0.337 e. The molecule has 0 fully saturated rings. The Morgan fingerprint density at radius 2 is 2.14 bits per heavy atom. The lowest BCUT2D eigenvalue weighted by molar-refractivity contribution is 0.0601. The van der Waals surface area contributed by atoms with Crippen molar-refractivity contribution in [2.45, 2.75) is 0 Å². The quantitative estimate of drug-likeness (QED) is 0.747.